The molecule has 26 heavy (non-hydrogen) atoms. The summed E-state index contributed by atoms with van der Waals surface area (Å²) in [5.41, 5.74) is 0.780. The van der Waals surface area contributed by atoms with Gasteiger partial charge in [0.15, 0.2) is 5.78 Å². The number of anilines is 1. The number of benzene rings is 2. The molecule has 2 aromatic carbocycles. The summed E-state index contributed by atoms with van der Waals surface area (Å²) in [6, 6.07) is 10.9. The summed E-state index contributed by atoms with van der Waals surface area (Å²) in [6.45, 7) is 1.22. The van der Waals surface area contributed by atoms with Crippen LogP contribution in [0.4, 0.5) is 11.4 Å². The van der Waals surface area contributed by atoms with Crippen LogP contribution in [0.2, 0.25) is 0 Å². The van der Waals surface area contributed by atoms with Crippen LogP contribution in [-0.2, 0) is 19.7 Å². The minimum Gasteiger partial charge on any atom is -0.324 e. The van der Waals surface area contributed by atoms with Crippen LogP contribution >= 0.6 is 22.6 Å². The van der Waals surface area contributed by atoms with Crippen molar-refractivity contribution in [1.29, 1.82) is 0 Å². The van der Waals surface area contributed by atoms with E-state index in [1.807, 2.05) is 22.6 Å². The minimum atomic E-state index is -4.33. The second kappa shape index (κ2) is 8.47. The molecule has 0 saturated carbocycles. The van der Waals surface area contributed by atoms with Gasteiger partial charge in [0, 0.05) is 9.26 Å². The number of carbonyl (C=O) groups is 2. The van der Waals surface area contributed by atoms with Crippen LogP contribution < -0.4 is 5.32 Å². The van der Waals surface area contributed by atoms with Crippen LogP contribution in [0, 0.1) is 3.57 Å². The number of nitrogens with zero attached hydrogens (tertiary/aromatic N) is 2. The van der Waals surface area contributed by atoms with Gasteiger partial charge in [-0.15, -0.1) is 0 Å². The van der Waals surface area contributed by atoms with Gasteiger partial charge < -0.3 is 5.32 Å². The Bertz CT molecular complexity index is 961. The lowest BCUT2D eigenvalue weighted by Gasteiger charge is -2.09. The average Bonchev–Trinajstić information content (AvgIpc) is 2.56. The second-order valence-electron chi connectivity index (χ2n) is 5.17. The van der Waals surface area contributed by atoms with E-state index in [1.54, 1.807) is 30.3 Å². The molecule has 1 amide bonds. The van der Waals surface area contributed by atoms with Crippen molar-refractivity contribution >= 4 is 55.8 Å². The van der Waals surface area contributed by atoms with Crippen LogP contribution in [0.1, 0.15) is 6.92 Å². The molecule has 0 heterocycles. The number of para-hydroxylation sites is 1. The molecule has 0 aromatic heterocycles. The molecule has 0 aliphatic carbocycles. The van der Waals surface area contributed by atoms with Crippen LogP contribution in [0.25, 0.3) is 0 Å². The number of hydrogen-bond acceptors (Lipinski definition) is 6. The highest BCUT2D eigenvalue weighted by Crippen LogP contribution is 2.25. The molecule has 136 valence electrons. The highest BCUT2D eigenvalue weighted by molar-refractivity contribution is 14.1. The third-order valence-electron chi connectivity index (χ3n) is 3.17. The SMILES string of the molecule is CC(=O)C(N=Nc1ccc(S(=O)(=O)O)cc1I)C(=O)Nc1ccccc1. The fourth-order valence-electron chi connectivity index (χ4n) is 1.90. The van der Waals surface area contributed by atoms with E-state index in [0.29, 0.717) is 9.26 Å². The molecule has 10 heteroatoms. The number of amides is 1. The van der Waals surface area contributed by atoms with Gasteiger partial charge in [0.1, 0.15) is 0 Å². The molecule has 0 aliphatic rings. The highest BCUT2D eigenvalue weighted by atomic mass is 127. The lowest BCUT2D eigenvalue weighted by Crippen LogP contribution is -2.31. The van der Waals surface area contributed by atoms with Gasteiger partial charge in [-0.25, -0.2) is 0 Å². The molecule has 0 spiro atoms. The molecule has 2 aromatic rings. The summed E-state index contributed by atoms with van der Waals surface area (Å²) in [4.78, 5) is 23.7. The monoisotopic (exact) mass is 487 g/mol. The zero-order valence-corrected chi connectivity index (χ0v) is 16.4. The van der Waals surface area contributed by atoms with Crippen LogP contribution in [0.5, 0.6) is 0 Å². The molecule has 0 fully saturated rings. The fraction of sp³-hybridized carbons (Fsp3) is 0.125. The topological polar surface area (TPSA) is 125 Å². The van der Waals surface area contributed by atoms with E-state index in [4.69, 9.17) is 4.55 Å². The van der Waals surface area contributed by atoms with E-state index in [1.165, 1.54) is 19.1 Å². The van der Waals surface area contributed by atoms with Crippen LogP contribution in [0.15, 0.2) is 63.7 Å². The zero-order valence-electron chi connectivity index (χ0n) is 13.5. The Morgan fingerprint density at radius 1 is 1.15 bits per heavy atom. The van der Waals surface area contributed by atoms with Gasteiger partial charge in [-0.2, -0.15) is 18.6 Å². The maximum atomic E-state index is 12.2. The van der Waals surface area contributed by atoms with Gasteiger partial charge >= 0.3 is 0 Å². The van der Waals surface area contributed by atoms with Crippen molar-refractivity contribution in [1.82, 2.24) is 0 Å². The molecule has 2 N–H and O–H groups in total. The Labute approximate surface area is 163 Å². The van der Waals surface area contributed by atoms with Crippen molar-refractivity contribution < 1.29 is 22.6 Å². The smallest absolute Gasteiger partial charge is 0.294 e. The predicted octanol–water partition coefficient (Wildman–Crippen LogP) is 3.22. The molecular weight excluding hydrogens is 473 g/mol. The number of azo groups is 1. The third-order valence-corrected chi connectivity index (χ3v) is 4.89. The average molecular weight is 487 g/mol. The van der Waals surface area contributed by atoms with E-state index < -0.39 is 27.9 Å². The van der Waals surface area contributed by atoms with Crippen molar-refractivity contribution in [3.05, 3.63) is 52.1 Å². The Morgan fingerprint density at radius 3 is 2.35 bits per heavy atom. The molecule has 1 atom stereocenters. The Morgan fingerprint density at radius 2 is 1.81 bits per heavy atom. The number of hydrogen-bond donors (Lipinski definition) is 2. The summed E-state index contributed by atoms with van der Waals surface area (Å²) in [5, 5.41) is 10.2. The van der Waals surface area contributed by atoms with E-state index in [0.717, 1.165) is 6.07 Å². The van der Waals surface area contributed by atoms with Gasteiger partial charge in [-0.1, -0.05) is 18.2 Å². The van der Waals surface area contributed by atoms with E-state index in [2.05, 4.69) is 15.5 Å². The number of nitrogens with one attached hydrogen (secondary N) is 1. The zero-order chi connectivity index (χ0) is 19.3. The van der Waals surface area contributed by atoms with E-state index >= 15 is 0 Å². The Balaban J connectivity index is 2.22. The van der Waals surface area contributed by atoms with Crippen molar-refractivity contribution in [3.63, 3.8) is 0 Å². The molecular formula is C16H14IN3O5S. The first kappa shape index (κ1) is 20.1. The summed E-state index contributed by atoms with van der Waals surface area (Å²) < 4.78 is 31.6. The minimum absolute atomic E-state index is 0.261. The van der Waals surface area contributed by atoms with Crippen molar-refractivity contribution in [2.45, 2.75) is 17.9 Å². The summed E-state index contributed by atoms with van der Waals surface area (Å²) >= 11 is 1.81. The first-order valence-electron chi connectivity index (χ1n) is 7.23. The van der Waals surface area contributed by atoms with Gasteiger partial charge in [0.25, 0.3) is 16.0 Å². The lowest BCUT2D eigenvalue weighted by molar-refractivity contribution is -0.126. The number of Topliss-reactive ketones (excluding diaryl/α,β-unsaturated/α-hetero) is 1. The van der Waals surface area contributed by atoms with Gasteiger partial charge in [0.2, 0.25) is 6.04 Å². The molecule has 0 saturated heterocycles. The normalized spacial score (nSPS) is 12.7. The number of halogens is 1. The second-order valence-corrected chi connectivity index (χ2v) is 7.76. The highest BCUT2D eigenvalue weighted by Gasteiger charge is 2.23. The predicted molar refractivity (Wildman–Crippen MR) is 103 cm³/mol. The standard InChI is InChI=1S/C16H14IN3O5S/c1-10(21)15(16(22)18-11-5-3-2-4-6-11)20-19-14-8-7-12(9-13(14)17)26(23,24)25/h2-9,15H,1H3,(H,18,22)(H,23,24,25). The van der Waals surface area contributed by atoms with Crippen LogP contribution in [-0.4, -0.2) is 30.7 Å². The van der Waals surface area contributed by atoms with Gasteiger partial charge in [-0.3, -0.25) is 14.1 Å². The molecule has 0 aliphatic heterocycles. The number of ketones is 1. The van der Waals surface area contributed by atoms with Gasteiger partial charge in [0.05, 0.1) is 10.6 Å². The maximum absolute atomic E-state index is 12.2. The first-order chi connectivity index (χ1) is 12.2. The molecule has 2 rings (SSSR count). The van der Waals surface area contributed by atoms with Crippen molar-refractivity contribution in [2.24, 2.45) is 10.2 Å². The lowest BCUT2D eigenvalue weighted by atomic mass is 10.2. The molecule has 8 nitrogen and oxygen atoms in total. The van der Waals surface area contributed by atoms with Crippen molar-refractivity contribution in [3.8, 4) is 0 Å². The van der Waals surface area contributed by atoms with E-state index in [9.17, 15) is 18.0 Å². The number of rotatable bonds is 6. The summed E-state index contributed by atoms with van der Waals surface area (Å²) in [5.74, 6) is -1.12. The van der Waals surface area contributed by atoms with E-state index in [-0.39, 0.29) is 10.6 Å². The number of carbonyl (C=O) groups excluding carboxylic acids is 2. The Hall–Kier alpha value is -2.18. The van der Waals surface area contributed by atoms with Crippen molar-refractivity contribution in [2.75, 3.05) is 5.32 Å². The van der Waals surface area contributed by atoms with Gasteiger partial charge in [-0.05, 0) is 59.8 Å². The molecule has 0 radical (unpaired) electrons. The Kier molecular flexibility index (Phi) is 6.56. The summed E-state index contributed by atoms with van der Waals surface area (Å²) in [7, 11) is -4.33. The summed E-state index contributed by atoms with van der Waals surface area (Å²) in [6.07, 6.45) is 0. The maximum Gasteiger partial charge on any atom is 0.294 e. The third kappa shape index (κ3) is 5.41. The largest absolute Gasteiger partial charge is 0.324 e. The quantitative estimate of drug-likeness (QED) is 0.280. The van der Waals surface area contributed by atoms with Crippen LogP contribution in [0.3, 0.4) is 0 Å². The fourth-order valence-corrected chi connectivity index (χ4v) is 3.24. The molecule has 1 unspecified atom stereocenters. The molecule has 0 bridgehead atoms. The first-order valence-corrected chi connectivity index (χ1v) is 9.74.